The van der Waals surface area contributed by atoms with Crippen LogP contribution in [0.1, 0.15) is 12.8 Å². The number of carbonyl (C=O) groups excluding carboxylic acids is 1. The molecule has 2 aliphatic rings. The molecule has 1 aliphatic carbocycles. The number of nitrogens with zero attached hydrogens (tertiary/aromatic N) is 1. The number of allylic oxidation sites excluding steroid dienone is 3. The van der Waals surface area contributed by atoms with Crippen molar-refractivity contribution < 1.29 is 9.90 Å². The average molecular weight is 205 g/mol. The standard InChI is InChI=1S/C12H15NO2/c1-2-12(15)13-6-5-9-7-11(14)4-3-10(9)8-13/h2-4,9,14H,1,5-8H2. The van der Waals surface area contributed by atoms with Gasteiger partial charge in [0.2, 0.25) is 5.91 Å². The maximum Gasteiger partial charge on any atom is 0.246 e. The lowest BCUT2D eigenvalue weighted by Gasteiger charge is -2.35. The van der Waals surface area contributed by atoms with E-state index in [0.29, 0.717) is 18.2 Å². The smallest absolute Gasteiger partial charge is 0.246 e. The van der Waals surface area contributed by atoms with E-state index in [-0.39, 0.29) is 5.91 Å². The topological polar surface area (TPSA) is 40.5 Å². The van der Waals surface area contributed by atoms with Gasteiger partial charge in [0, 0.05) is 19.5 Å². The number of rotatable bonds is 1. The van der Waals surface area contributed by atoms with Gasteiger partial charge in [0.05, 0.1) is 5.76 Å². The van der Waals surface area contributed by atoms with Crippen molar-refractivity contribution in [3.63, 3.8) is 0 Å². The summed E-state index contributed by atoms with van der Waals surface area (Å²) in [5.41, 5.74) is 1.24. The van der Waals surface area contributed by atoms with Gasteiger partial charge in [-0.25, -0.2) is 0 Å². The molecule has 0 aromatic heterocycles. The van der Waals surface area contributed by atoms with E-state index in [1.165, 1.54) is 11.6 Å². The van der Waals surface area contributed by atoms with Crippen molar-refractivity contribution >= 4 is 5.91 Å². The van der Waals surface area contributed by atoms with Crippen LogP contribution in [0.3, 0.4) is 0 Å². The predicted octanol–water partition coefficient (Wildman–Crippen LogP) is 1.79. The molecule has 0 aromatic carbocycles. The highest BCUT2D eigenvalue weighted by Crippen LogP contribution is 2.31. The van der Waals surface area contributed by atoms with E-state index in [1.807, 2.05) is 6.08 Å². The molecule has 1 saturated heterocycles. The predicted molar refractivity (Wildman–Crippen MR) is 58.3 cm³/mol. The number of likely N-dealkylation sites (tertiary alicyclic amines) is 1. The molecule has 0 saturated carbocycles. The van der Waals surface area contributed by atoms with Crippen LogP contribution in [0.15, 0.2) is 36.1 Å². The van der Waals surface area contributed by atoms with Crippen molar-refractivity contribution in [3.8, 4) is 0 Å². The summed E-state index contributed by atoms with van der Waals surface area (Å²) >= 11 is 0. The van der Waals surface area contributed by atoms with Crippen LogP contribution in [-0.2, 0) is 4.79 Å². The lowest BCUT2D eigenvalue weighted by molar-refractivity contribution is -0.126. The Morgan fingerprint density at radius 2 is 2.40 bits per heavy atom. The summed E-state index contributed by atoms with van der Waals surface area (Å²) in [7, 11) is 0. The number of aliphatic hydroxyl groups is 1. The van der Waals surface area contributed by atoms with Gasteiger partial charge in [-0.1, -0.05) is 12.7 Å². The molecule has 0 spiro atoms. The van der Waals surface area contributed by atoms with Gasteiger partial charge >= 0.3 is 0 Å². The van der Waals surface area contributed by atoms with Crippen LogP contribution in [-0.4, -0.2) is 29.0 Å². The Kier molecular flexibility index (Phi) is 2.62. The highest BCUT2D eigenvalue weighted by molar-refractivity contribution is 5.87. The quantitative estimate of drug-likeness (QED) is 0.663. The second kappa shape index (κ2) is 3.93. The van der Waals surface area contributed by atoms with Crippen molar-refractivity contribution in [2.24, 2.45) is 5.92 Å². The third-order valence-corrected chi connectivity index (χ3v) is 3.08. The maximum absolute atomic E-state index is 11.4. The van der Waals surface area contributed by atoms with E-state index in [9.17, 15) is 9.90 Å². The zero-order valence-corrected chi connectivity index (χ0v) is 8.65. The zero-order chi connectivity index (χ0) is 10.8. The lowest BCUT2D eigenvalue weighted by Crippen LogP contribution is -2.39. The summed E-state index contributed by atoms with van der Waals surface area (Å²) < 4.78 is 0. The Labute approximate surface area is 89.4 Å². The number of hydrogen-bond acceptors (Lipinski definition) is 2. The molecule has 1 N–H and O–H groups in total. The van der Waals surface area contributed by atoms with Gasteiger partial charge < -0.3 is 10.0 Å². The van der Waals surface area contributed by atoms with Crippen LogP contribution in [0.2, 0.25) is 0 Å². The largest absolute Gasteiger partial charge is 0.512 e. The van der Waals surface area contributed by atoms with Crippen LogP contribution in [0.5, 0.6) is 0 Å². The van der Waals surface area contributed by atoms with E-state index in [0.717, 1.165) is 19.4 Å². The molecule has 0 bridgehead atoms. The van der Waals surface area contributed by atoms with Gasteiger partial charge in [-0.05, 0) is 30.1 Å². The van der Waals surface area contributed by atoms with E-state index in [1.54, 1.807) is 11.0 Å². The summed E-state index contributed by atoms with van der Waals surface area (Å²) in [5.74, 6) is 0.865. The van der Waals surface area contributed by atoms with Crippen LogP contribution < -0.4 is 0 Å². The van der Waals surface area contributed by atoms with Crippen LogP contribution in [0.4, 0.5) is 0 Å². The van der Waals surface area contributed by atoms with Crippen LogP contribution in [0.25, 0.3) is 0 Å². The molecule has 15 heavy (non-hydrogen) atoms. The number of amides is 1. The van der Waals surface area contributed by atoms with Crippen LogP contribution >= 0.6 is 0 Å². The first-order chi connectivity index (χ1) is 7.20. The summed E-state index contributed by atoms with van der Waals surface area (Å²) in [4.78, 5) is 13.2. The van der Waals surface area contributed by atoms with Crippen molar-refractivity contribution in [2.75, 3.05) is 13.1 Å². The number of fused-ring (bicyclic) bond motifs is 1. The number of carbonyl (C=O) groups is 1. The molecule has 1 unspecified atom stereocenters. The Balaban J connectivity index is 2.11. The van der Waals surface area contributed by atoms with Crippen molar-refractivity contribution in [2.45, 2.75) is 12.8 Å². The molecule has 3 heteroatoms. The summed E-state index contributed by atoms with van der Waals surface area (Å²) in [6, 6.07) is 0. The Hall–Kier alpha value is -1.51. The van der Waals surface area contributed by atoms with E-state index in [4.69, 9.17) is 0 Å². The molecular formula is C12H15NO2. The van der Waals surface area contributed by atoms with Crippen LogP contribution in [0, 0.1) is 5.92 Å². The monoisotopic (exact) mass is 205 g/mol. The first kappa shape index (κ1) is 10.0. The summed E-state index contributed by atoms with van der Waals surface area (Å²) in [5, 5.41) is 9.39. The number of piperidine rings is 1. The molecule has 80 valence electrons. The van der Waals surface area contributed by atoms with E-state index >= 15 is 0 Å². The van der Waals surface area contributed by atoms with Gasteiger partial charge in [0.15, 0.2) is 0 Å². The fourth-order valence-corrected chi connectivity index (χ4v) is 2.19. The third-order valence-electron chi connectivity index (χ3n) is 3.08. The molecule has 1 aliphatic heterocycles. The van der Waals surface area contributed by atoms with E-state index in [2.05, 4.69) is 6.58 Å². The van der Waals surface area contributed by atoms with Gasteiger partial charge in [-0.2, -0.15) is 0 Å². The summed E-state index contributed by atoms with van der Waals surface area (Å²) in [6.45, 7) is 4.93. The minimum Gasteiger partial charge on any atom is -0.512 e. The zero-order valence-electron chi connectivity index (χ0n) is 8.65. The molecule has 3 nitrogen and oxygen atoms in total. The third kappa shape index (κ3) is 1.96. The van der Waals surface area contributed by atoms with Gasteiger partial charge in [-0.15, -0.1) is 0 Å². The van der Waals surface area contributed by atoms with Gasteiger partial charge in [-0.3, -0.25) is 4.79 Å². The molecule has 1 fully saturated rings. The fourth-order valence-electron chi connectivity index (χ4n) is 2.19. The first-order valence-electron chi connectivity index (χ1n) is 5.20. The molecule has 0 aromatic rings. The van der Waals surface area contributed by atoms with Gasteiger partial charge in [0.25, 0.3) is 0 Å². The van der Waals surface area contributed by atoms with E-state index < -0.39 is 0 Å². The SMILES string of the molecule is C=CC(=O)N1CCC2CC(O)=CC=C2C1. The normalized spacial score (nSPS) is 25.1. The molecule has 1 amide bonds. The average Bonchev–Trinajstić information content (AvgIpc) is 2.27. The van der Waals surface area contributed by atoms with Gasteiger partial charge in [0.1, 0.15) is 0 Å². The molecular weight excluding hydrogens is 190 g/mol. The Morgan fingerprint density at radius 1 is 1.60 bits per heavy atom. The Morgan fingerprint density at radius 3 is 3.13 bits per heavy atom. The fraction of sp³-hybridized carbons (Fsp3) is 0.417. The highest BCUT2D eigenvalue weighted by Gasteiger charge is 2.27. The molecule has 0 radical (unpaired) electrons. The minimum absolute atomic E-state index is 0.00637. The maximum atomic E-state index is 11.4. The van der Waals surface area contributed by atoms with Crippen molar-refractivity contribution in [3.05, 3.63) is 36.1 Å². The summed E-state index contributed by atoms with van der Waals surface area (Å²) in [6.07, 6.45) is 6.68. The molecule has 1 atom stereocenters. The lowest BCUT2D eigenvalue weighted by atomic mass is 9.84. The number of hydrogen-bond donors (Lipinski definition) is 1. The molecule has 1 heterocycles. The van der Waals surface area contributed by atoms with Crippen molar-refractivity contribution in [1.82, 2.24) is 4.90 Å². The Bertz CT molecular complexity index is 355. The second-order valence-electron chi connectivity index (χ2n) is 4.05. The molecule has 2 rings (SSSR count). The highest BCUT2D eigenvalue weighted by atomic mass is 16.3. The second-order valence-corrected chi connectivity index (χ2v) is 4.05. The number of aliphatic hydroxyl groups excluding tert-OH is 1. The van der Waals surface area contributed by atoms with Crippen molar-refractivity contribution in [1.29, 1.82) is 0 Å². The first-order valence-corrected chi connectivity index (χ1v) is 5.20. The minimum atomic E-state index is -0.00637.